The van der Waals surface area contributed by atoms with Crippen LogP contribution in [-0.4, -0.2) is 41.9 Å². The van der Waals surface area contributed by atoms with Gasteiger partial charge in [0.2, 0.25) is 11.8 Å². The van der Waals surface area contributed by atoms with Crippen molar-refractivity contribution in [2.24, 2.45) is 0 Å². The highest BCUT2D eigenvalue weighted by molar-refractivity contribution is 5.95. The molecule has 1 aromatic carbocycles. The predicted molar refractivity (Wildman–Crippen MR) is 81.4 cm³/mol. The molecule has 1 aromatic rings. The van der Waals surface area contributed by atoms with E-state index in [0.717, 1.165) is 12.8 Å². The average molecular weight is 304 g/mol. The minimum absolute atomic E-state index is 0.0552. The van der Waals surface area contributed by atoms with Gasteiger partial charge in [0, 0.05) is 18.7 Å². The van der Waals surface area contributed by atoms with Gasteiger partial charge in [-0.25, -0.2) is 4.79 Å². The van der Waals surface area contributed by atoms with Gasteiger partial charge in [-0.3, -0.25) is 9.59 Å². The molecule has 1 aliphatic carbocycles. The van der Waals surface area contributed by atoms with E-state index in [1.807, 2.05) is 0 Å². The summed E-state index contributed by atoms with van der Waals surface area (Å²) in [5.41, 5.74) is 1.01. The number of ether oxygens (including phenoxy) is 1. The van der Waals surface area contributed by atoms with Crippen LogP contribution in [-0.2, 0) is 14.3 Å². The SMILES string of the molecule is CCOC(=O)c1ccc(NC(=O)CN(C(C)=O)C2CC2)cc1. The molecule has 6 nitrogen and oxygen atoms in total. The molecule has 1 fully saturated rings. The Morgan fingerprint density at radius 3 is 2.36 bits per heavy atom. The maximum Gasteiger partial charge on any atom is 0.338 e. The smallest absolute Gasteiger partial charge is 0.338 e. The minimum Gasteiger partial charge on any atom is -0.462 e. The first-order valence-electron chi connectivity index (χ1n) is 7.35. The molecule has 0 unspecified atom stereocenters. The number of carbonyl (C=O) groups excluding carboxylic acids is 3. The number of hydrogen-bond acceptors (Lipinski definition) is 4. The standard InChI is InChI=1S/C16H20N2O4/c1-3-22-16(21)12-4-6-13(7-5-12)17-15(20)10-18(11(2)19)14-8-9-14/h4-7,14H,3,8-10H2,1-2H3,(H,17,20). The first-order chi connectivity index (χ1) is 10.5. The van der Waals surface area contributed by atoms with Gasteiger partial charge in [-0.1, -0.05) is 0 Å². The number of amides is 2. The summed E-state index contributed by atoms with van der Waals surface area (Å²) < 4.78 is 4.89. The highest BCUT2D eigenvalue weighted by Crippen LogP contribution is 2.26. The average Bonchev–Trinajstić information content (AvgIpc) is 3.30. The molecule has 1 N–H and O–H groups in total. The summed E-state index contributed by atoms with van der Waals surface area (Å²) in [5.74, 6) is -0.724. The quantitative estimate of drug-likeness (QED) is 0.813. The molecule has 22 heavy (non-hydrogen) atoms. The Bertz CT molecular complexity index is 564. The molecule has 0 aliphatic heterocycles. The van der Waals surface area contributed by atoms with Crippen molar-refractivity contribution in [2.45, 2.75) is 32.7 Å². The van der Waals surface area contributed by atoms with E-state index < -0.39 is 5.97 Å². The summed E-state index contributed by atoms with van der Waals surface area (Å²) in [6.07, 6.45) is 1.92. The zero-order chi connectivity index (χ0) is 16.1. The van der Waals surface area contributed by atoms with Crippen molar-refractivity contribution in [3.8, 4) is 0 Å². The number of rotatable bonds is 6. The molecule has 0 bridgehead atoms. The summed E-state index contributed by atoms with van der Waals surface area (Å²) in [6.45, 7) is 3.59. The van der Waals surface area contributed by atoms with E-state index in [9.17, 15) is 14.4 Å². The lowest BCUT2D eigenvalue weighted by molar-refractivity contribution is -0.133. The third-order valence-corrected chi connectivity index (χ3v) is 3.39. The molecule has 1 aliphatic rings. The summed E-state index contributed by atoms with van der Waals surface area (Å²) >= 11 is 0. The minimum atomic E-state index is -0.392. The van der Waals surface area contributed by atoms with Crippen molar-refractivity contribution in [1.29, 1.82) is 0 Å². The molecule has 0 saturated heterocycles. The highest BCUT2D eigenvalue weighted by Gasteiger charge is 2.31. The molecule has 6 heteroatoms. The van der Waals surface area contributed by atoms with E-state index in [4.69, 9.17) is 4.74 Å². The van der Waals surface area contributed by atoms with Crippen molar-refractivity contribution in [3.05, 3.63) is 29.8 Å². The molecule has 2 rings (SSSR count). The molecular weight excluding hydrogens is 284 g/mol. The molecule has 0 radical (unpaired) electrons. The number of esters is 1. The Labute approximate surface area is 129 Å². The van der Waals surface area contributed by atoms with Crippen LogP contribution < -0.4 is 5.32 Å². The lowest BCUT2D eigenvalue weighted by atomic mass is 10.2. The topological polar surface area (TPSA) is 75.7 Å². The van der Waals surface area contributed by atoms with Crippen LogP contribution >= 0.6 is 0 Å². The van der Waals surface area contributed by atoms with Crippen LogP contribution in [0.2, 0.25) is 0 Å². The first kappa shape index (κ1) is 16.0. The van der Waals surface area contributed by atoms with Gasteiger partial charge in [-0.15, -0.1) is 0 Å². The van der Waals surface area contributed by atoms with Crippen LogP contribution in [0.15, 0.2) is 24.3 Å². The number of nitrogens with one attached hydrogen (secondary N) is 1. The fourth-order valence-corrected chi connectivity index (χ4v) is 2.14. The number of carbonyl (C=O) groups is 3. The third-order valence-electron chi connectivity index (χ3n) is 3.39. The molecule has 0 heterocycles. The van der Waals surface area contributed by atoms with E-state index in [1.54, 1.807) is 36.1 Å². The van der Waals surface area contributed by atoms with Gasteiger partial charge < -0.3 is 15.0 Å². The Balaban J connectivity index is 1.91. The van der Waals surface area contributed by atoms with Crippen LogP contribution in [0.5, 0.6) is 0 Å². The van der Waals surface area contributed by atoms with Gasteiger partial charge >= 0.3 is 5.97 Å². The van der Waals surface area contributed by atoms with E-state index >= 15 is 0 Å². The maximum absolute atomic E-state index is 12.0. The lowest BCUT2D eigenvalue weighted by Gasteiger charge is -2.19. The van der Waals surface area contributed by atoms with Crippen LogP contribution in [0.4, 0.5) is 5.69 Å². The lowest BCUT2D eigenvalue weighted by Crippen LogP contribution is -2.38. The van der Waals surface area contributed by atoms with Gasteiger partial charge in [0.15, 0.2) is 0 Å². The van der Waals surface area contributed by atoms with Crippen molar-refractivity contribution in [1.82, 2.24) is 4.90 Å². The number of hydrogen-bond donors (Lipinski definition) is 1. The second-order valence-electron chi connectivity index (χ2n) is 5.22. The monoisotopic (exact) mass is 304 g/mol. The molecule has 0 aromatic heterocycles. The van der Waals surface area contributed by atoms with Gasteiger partial charge in [0.1, 0.15) is 6.54 Å². The number of benzene rings is 1. The Morgan fingerprint density at radius 1 is 1.23 bits per heavy atom. The maximum atomic E-state index is 12.0. The van der Waals surface area contributed by atoms with Crippen LogP contribution in [0.1, 0.15) is 37.0 Å². The predicted octanol–water partition coefficient (Wildman–Crippen LogP) is 1.81. The molecular formula is C16H20N2O4. The first-order valence-corrected chi connectivity index (χ1v) is 7.35. The third kappa shape index (κ3) is 4.31. The highest BCUT2D eigenvalue weighted by atomic mass is 16.5. The summed E-state index contributed by atoms with van der Waals surface area (Å²) in [7, 11) is 0. The van der Waals surface area contributed by atoms with Crippen LogP contribution in [0, 0.1) is 0 Å². The van der Waals surface area contributed by atoms with Crippen molar-refractivity contribution in [2.75, 3.05) is 18.5 Å². The van der Waals surface area contributed by atoms with E-state index in [1.165, 1.54) is 6.92 Å². The Morgan fingerprint density at radius 2 is 1.86 bits per heavy atom. The fraction of sp³-hybridized carbons (Fsp3) is 0.438. The Hall–Kier alpha value is -2.37. The van der Waals surface area contributed by atoms with Gasteiger partial charge in [0.05, 0.1) is 12.2 Å². The number of nitrogens with zero attached hydrogens (tertiary/aromatic N) is 1. The van der Waals surface area contributed by atoms with E-state index in [-0.39, 0.29) is 24.4 Å². The van der Waals surface area contributed by atoms with Crippen molar-refractivity contribution >= 4 is 23.5 Å². The van der Waals surface area contributed by atoms with E-state index in [2.05, 4.69) is 5.32 Å². The molecule has 2 amide bonds. The molecule has 1 saturated carbocycles. The van der Waals surface area contributed by atoms with Gasteiger partial charge in [0.25, 0.3) is 0 Å². The van der Waals surface area contributed by atoms with E-state index in [0.29, 0.717) is 17.9 Å². The normalized spacial score (nSPS) is 13.4. The molecule has 118 valence electrons. The zero-order valence-corrected chi connectivity index (χ0v) is 12.8. The summed E-state index contributed by atoms with van der Waals surface area (Å²) in [4.78, 5) is 36.6. The second-order valence-corrected chi connectivity index (χ2v) is 5.22. The zero-order valence-electron chi connectivity index (χ0n) is 12.8. The van der Waals surface area contributed by atoms with Crippen molar-refractivity contribution < 1.29 is 19.1 Å². The van der Waals surface area contributed by atoms with Crippen LogP contribution in [0.25, 0.3) is 0 Å². The largest absolute Gasteiger partial charge is 0.462 e. The van der Waals surface area contributed by atoms with Crippen LogP contribution in [0.3, 0.4) is 0 Å². The summed E-state index contributed by atoms with van der Waals surface area (Å²) in [5, 5.41) is 2.72. The van der Waals surface area contributed by atoms with Gasteiger partial charge in [-0.2, -0.15) is 0 Å². The number of anilines is 1. The molecule has 0 atom stereocenters. The fourth-order valence-electron chi connectivity index (χ4n) is 2.14. The Kier molecular flexibility index (Phi) is 5.14. The second kappa shape index (κ2) is 7.06. The summed E-state index contributed by atoms with van der Waals surface area (Å²) in [6, 6.07) is 6.67. The van der Waals surface area contributed by atoms with Gasteiger partial charge in [-0.05, 0) is 44.0 Å². The molecule has 0 spiro atoms. The van der Waals surface area contributed by atoms with Crippen molar-refractivity contribution in [3.63, 3.8) is 0 Å².